The minimum atomic E-state index is -0.458. The van der Waals surface area contributed by atoms with Gasteiger partial charge in [0, 0.05) is 6.54 Å². The normalized spacial score (nSPS) is 14.1. The molecule has 96 valence electrons. The molecule has 2 heterocycles. The average Bonchev–Trinajstić information content (AvgIpc) is 3.10. The van der Waals surface area contributed by atoms with E-state index >= 15 is 0 Å². The van der Waals surface area contributed by atoms with Crippen molar-refractivity contribution in [1.29, 1.82) is 5.26 Å². The van der Waals surface area contributed by atoms with Crippen LogP contribution in [0.15, 0.2) is 41.0 Å². The highest BCUT2D eigenvalue weighted by atomic mass is 16.7. The van der Waals surface area contributed by atoms with Gasteiger partial charge in [0.1, 0.15) is 5.76 Å². The van der Waals surface area contributed by atoms with E-state index in [0.717, 1.165) is 17.1 Å². The van der Waals surface area contributed by atoms with E-state index in [1.807, 2.05) is 18.2 Å². The lowest BCUT2D eigenvalue weighted by Crippen LogP contribution is -2.18. The molecule has 1 N–H and O–H groups in total. The lowest BCUT2D eigenvalue weighted by Gasteiger charge is -2.09. The Morgan fingerprint density at radius 1 is 1.26 bits per heavy atom. The van der Waals surface area contributed by atoms with Crippen LogP contribution in [0, 0.1) is 11.3 Å². The van der Waals surface area contributed by atoms with Crippen molar-refractivity contribution in [3.8, 4) is 17.6 Å². The lowest BCUT2D eigenvalue weighted by molar-refractivity contribution is 0.174. The molecule has 1 aromatic carbocycles. The predicted molar refractivity (Wildman–Crippen MR) is 66.5 cm³/mol. The van der Waals surface area contributed by atoms with Gasteiger partial charge in [-0.2, -0.15) is 5.26 Å². The molecule has 0 saturated carbocycles. The second-order valence-electron chi connectivity index (χ2n) is 4.15. The van der Waals surface area contributed by atoms with Crippen LogP contribution >= 0.6 is 0 Å². The maximum Gasteiger partial charge on any atom is 0.231 e. The SMILES string of the molecule is N#CC(NCc1ccc2c(c1)OCO2)c1ccco1. The Hall–Kier alpha value is -2.45. The van der Waals surface area contributed by atoms with Crippen LogP contribution in [0.3, 0.4) is 0 Å². The molecule has 0 amide bonds. The summed E-state index contributed by atoms with van der Waals surface area (Å²) in [6.45, 7) is 0.814. The van der Waals surface area contributed by atoms with Gasteiger partial charge in [-0.05, 0) is 29.8 Å². The number of nitrogens with one attached hydrogen (secondary N) is 1. The van der Waals surface area contributed by atoms with Gasteiger partial charge in [0.05, 0.1) is 12.3 Å². The van der Waals surface area contributed by atoms with Crippen molar-refractivity contribution in [2.75, 3.05) is 6.79 Å². The maximum atomic E-state index is 9.11. The molecule has 0 radical (unpaired) electrons. The zero-order valence-electron chi connectivity index (χ0n) is 10.1. The maximum absolute atomic E-state index is 9.11. The average molecular weight is 256 g/mol. The summed E-state index contributed by atoms with van der Waals surface area (Å²) in [6.07, 6.45) is 1.56. The monoisotopic (exact) mass is 256 g/mol. The Morgan fingerprint density at radius 2 is 2.16 bits per heavy atom. The summed E-state index contributed by atoms with van der Waals surface area (Å²) in [5, 5.41) is 12.2. The number of furan rings is 1. The summed E-state index contributed by atoms with van der Waals surface area (Å²) in [4.78, 5) is 0. The van der Waals surface area contributed by atoms with Crippen LogP contribution in [0.4, 0.5) is 0 Å². The minimum Gasteiger partial charge on any atom is -0.467 e. The fourth-order valence-corrected chi connectivity index (χ4v) is 1.94. The second-order valence-corrected chi connectivity index (χ2v) is 4.15. The van der Waals surface area contributed by atoms with E-state index in [2.05, 4.69) is 11.4 Å². The van der Waals surface area contributed by atoms with E-state index in [-0.39, 0.29) is 6.79 Å². The number of hydrogen-bond acceptors (Lipinski definition) is 5. The number of nitriles is 1. The molecule has 3 rings (SSSR count). The number of rotatable bonds is 4. The first kappa shape index (κ1) is 11.6. The van der Waals surface area contributed by atoms with Gasteiger partial charge in [0.25, 0.3) is 0 Å². The number of nitrogens with zero attached hydrogens (tertiary/aromatic N) is 1. The Balaban J connectivity index is 1.67. The summed E-state index contributed by atoms with van der Waals surface area (Å²) < 4.78 is 15.8. The highest BCUT2D eigenvalue weighted by Gasteiger charge is 2.15. The van der Waals surface area contributed by atoms with Crippen LogP contribution in [0.2, 0.25) is 0 Å². The Labute approximate surface area is 110 Å². The van der Waals surface area contributed by atoms with Gasteiger partial charge < -0.3 is 13.9 Å². The van der Waals surface area contributed by atoms with Crippen LogP contribution < -0.4 is 14.8 Å². The highest BCUT2D eigenvalue weighted by molar-refractivity contribution is 5.44. The Kier molecular flexibility index (Phi) is 3.09. The van der Waals surface area contributed by atoms with Crippen molar-refractivity contribution in [2.24, 2.45) is 0 Å². The summed E-state index contributed by atoms with van der Waals surface area (Å²) in [5.74, 6) is 2.11. The molecular weight excluding hydrogens is 244 g/mol. The third-order valence-corrected chi connectivity index (χ3v) is 2.90. The number of ether oxygens (including phenoxy) is 2. The molecule has 0 saturated heterocycles. The number of fused-ring (bicyclic) bond motifs is 1. The van der Waals surface area contributed by atoms with Crippen molar-refractivity contribution < 1.29 is 13.9 Å². The van der Waals surface area contributed by atoms with Crippen LogP contribution in [-0.4, -0.2) is 6.79 Å². The van der Waals surface area contributed by atoms with Crippen molar-refractivity contribution >= 4 is 0 Å². The van der Waals surface area contributed by atoms with Crippen LogP contribution in [0.25, 0.3) is 0 Å². The van der Waals surface area contributed by atoms with Crippen LogP contribution in [0.1, 0.15) is 17.4 Å². The van der Waals surface area contributed by atoms with Crippen molar-refractivity contribution in [3.63, 3.8) is 0 Å². The summed E-state index contributed by atoms with van der Waals surface area (Å²) in [6, 6.07) is 11.0. The largest absolute Gasteiger partial charge is 0.467 e. The molecule has 1 unspecified atom stereocenters. The molecule has 0 aliphatic carbocycles. The van der Waals surface area contributed by atoms with Gasteiger partial charge >= 0.3 is 0 Å². The Bertz CT molecular complexity index is 602. The predicted octanol–water partition coefficient (Wildman–Crippen LogP) is 2.36. The zero-order valence-corrected chi connectivity index (χ0v) is 10.1. The van der Waals surface area contributed by atoms with Crippen molar-refractivity contribution in [2.45, 2.75) is 12.6 Å². The zero-order chi connectivity index (χ0) is 13.1. The first-order chi connectivity index (χ1) is 9.36. The molecule has 19 heavy (non-hydrogen) atoms. The molecule has 1 aliphatic heterocycles. The second kappa shape index (κ2) is 5.04. The molecule has 0 fully saturated rings. The Morgan fingerprint density at radius 3 is 2.95 bits per heavy atom. The van der Waals surface area contributed by atoms with E-state index in [4.69, 9.17) is 19.2 Å². The molecule has 2 aromatic rings. The smallest absolute Gasteiger partial charge is 0.231 e. The quantitative estimate of drug-likeness (QED) is 0.909. The van der Waals surface area contributed by atoms with Gasteiger partial charge in [-0.3, -0.25) is 5.32 Å². The first-order valence-electron chi connectivity index (χ1n) is 5.92. The van der Waals surface area contributed by atoms with E-state index in [1.165, 1.54) is 0 Å². The minimum absolute atomic E-state index is 0.263. The molecule has 1 aliphatic rings. The molecule has 5 heteroatoms. The van der Waals surface area contributed by atoms with E-state index in [1.54, 1.807) is 18.4 Å². The van der Waals surface area contributed by atoms with E-state index < -0.39 is 6.04 Å². The van der Waals surface area contributed by atoms with Crippen molar-refractivity contribution in [3.05, 3.63) is 47.9 Å². The van der Waals surface area contributed by atoms with Gasteiger partial charge in [-0.15, -0.1) is 0 Å². The molecule has 0 spiro atoms. The topological polar surface area (TPSA) is 67.4 Å². The fraction of sp³-hybridized carbons (Fsp3) is 0.214. The lowest BCUT2D eigenvalue weighted by atomic mass is 10.1. The first-order valence-corrected chi connectivity index (χ1v) is 5.92. The standard InChI is InChI=1S/C14H12N2O3/c15-7-11(12-2-1-5-17-12)16-8-10-3-4-13-14(6-10)19-9-18-13/h1-6,11,16H,8-9H2. The highest BCUT2D eigenvalue weighted by Crippen LogP contribution is 2.32. The van der Waals surface area contributed by atoms with E-state index in [0.29, 0.717) is 12.3 Å². The van der Waals surface area contributed by atoms with Crippen LogP contribution in [-0.2, 0) is 6.54 Å². The van der Waals surface area contributed by atoms with E-state index in [9.17, 15) is 0 Å². The van der Waals surface area contributed by atoms with Gasteiger partial charge in [-0.1, -0.05) is 6.07 Å². The van der Waals surface area contributed by atoms with Crippen LogP contribution in [0.5, 0.6) is 11.5 Å². The summed E-state index contributed by atoms with van der Waals surface area (Å²) >= 11 is 0. The van der Waals surface area contributed by atoms with Crippen molar-refractivity contribution in [1.82, 2.24) is 5.32 Å². The fourth-order valence-electron chi connectivity index (χ4n) is 1.94. The molecule has 1 atom stereocenters. The molecule has 1 aromatic heterocycles. The number of benzene rings is 1. The molecule has 0 bridgehead atoms. The van der Waals surface area contributed by atoms with Gasteiger partial charge in [-0.25, -0.2) is 0 Å². The van der Waals surface area contributed by atoms with Gasteiger partial charge in [0.2, 0.25) is 6.79 Å². The third kappa shape index (κ3) is 2.39. The molecule has 5 nitrogen and oxygen atoms in total. The summed E-state index contributed by atoms with van der Waals surface area (Å²) in [5.41, 5.74) is 1.02. The summed E-state index contributed by atoms with van der Waals surface area (Å²) in [7, 11) is 0. The van der Waals surface area contributed by atoms with Gasteiger partial charge in [0.15, 0.2) is 17.5 Å². The number of hydrogen-bond donors (Lipinski definition) is 1. The third-order valence-electron chi connectivity index (χ3n) is 2.90. The molecular formula is C14H12N2O3.